The summed E-state index contributed by atoms with van der Waals surface area (Å²) in [5.41, 5.74) is 1.33. The molecule has 2 aromatic carbocycles. The van der Waals surface area contributed by atoms with E-state index in [0.717, 1.165) is 5.69 Å². The molecule has 0 heterocycles. The molecule has 0 aliphatic rings. The third-order valence-corrected chi connectivity index (χ3v) is 2.73. The molecule has 4 heteroatoms. The van der Waals surface area contributed by atoms with Crippen LogP contribution in [0.3, 0.4) is 0 Å². The summed E-state index contributed by atoms with van der Waals surface area (Å²) in [6.07, 6.45) is 1.59. The van der Waals surface area contributed by atoms with E-state index in [1.54, 1.807) is 30.5 Å². The van der Waals surface area contributed by atoms with Gasteiger partial charge >= 0.3 is 0 Å². The largest absolute Gasteiger partial charge is 0.504 e. The summed E-state index contributed by atoms with van der Waals surface area (Å²) in [5, 5.41) is 10.6. The topological polar surface area (TPSA) is 41.8 Å². The van der Waals surface area contributed by atoms with Crippen LogP contribution < -0.4 is 4.74 Å². The smallest absolute Gasteiger partial charge is 0.166 e. The Morgan fingerprint density at radius 1 is 1.26 bits per heavy atom. The second-order valence-electron chi connectivity index (χ2n) is 3.87. The van der Waals surface area contributed by atoms with Gasteiger partial charge in [0.1, 0.15) is 0 Å². The molecule has 0 aliphatic heterocycles. The Morgan fingerprint density at radius 3 is 2.79 bits per heavy atom. The zero-order valence-electron chi connectivity index (χ0n) is 10.5. The van der Waals surface area contributed by atoms with Crippen molar-refractivity contribution >= 4 is 23.5 Å². The van der Waals surface area contributed by atoms with Crippen LogP contribution in [0.15, 0.2) is 47.5 Å². The van der Waals surface area contributed by atoms with Gasteiger partial charge in [-0.1, -0.05) is 23.7 Å². The van der Waals surface area contributed by atoms with E-state index in [0.29, 0.717) is 22.9 Å². The third kappa shape index (κ3) is 3.48. The average Bonchev–Trinajstić information content (AvgIpc) is 2.40. The van der Waals surface area contributed by atoms with Gasteiger partial charge in [0.15, 0.2) is 11.5 Å². The van der Waals surface area contributed by atoms with Gasteiger partial charge in [0, 0.05) is 16.8 Å². The predicted octanol–water partition coefficient (Wildman–Crippen LogP) is 4.19. The summed E-state index contributed by atoms with van der Waals surface area (Å²) in [5.74, 6) is 0.549. The number of aromatic hydroxyl groups is 1. The number of phenols is 1. The van der Waals surface area contributed by atoms with E-state index >= 15 is 0 Å². The molecule has 0 saturated heterocycles. The molecule has 0 amide bonds. The van der Waals surface area contributed by atoms with E-state index < -0.39 is 0 Å². The molecule has 2 aromatic rings. The molecule has 0 spiro atoms. The second kappa shape index (κ2) is 6.25. The van der Waals surface area contributed by atoms with Crippen molar-refractivity contribution in [2.24, 2.45) is 4.99 Å². The number of hydrogen-bond donors (Lipinski definition) is 1. The highest BCUT2D eigenvalue weighted by Crippen LogP contribution is 2.29. The first-order chi connectivity index (χ1) is 9.20. The van der Waals surface area contributed by atoms with Crippen molar-refractivity contribution in [2.75, 3.05) is 6.61 Å². The molecule has 1 N–H and O–H groups in total. The fourth-order valence-electron chi connectivity index (χ4n) is 1.62. The standard InChI is InChI=1S/C15H14ClNO2/c1-2-19-14-8-3-5-11(15(14)18)10-17-13-7-4-6-12(16)9-13/h3-10,18H,2H2,1H3. The molecule has 0 bridgehead atoms. The van der Waals surface area contributed by atoms with Gasteiger partial charge in [0.2, 0.25) is 0 Å². The van der Waals surface area contributed by atoms with Crippen LogP contribution in [0, 0.1) is 0 Å². The first-order valence-electron chi connectivity index (χ1n) is 5.95. The quantitative estimate of drug-likeness (QED) is 0.850. The summed E-state index contributed by atoms with van der Waals surface area (Å²) in [6.45, 7) is 2.37. The fraction of sp³-hybridized carbons (Fsp3) is 0.133. The molecular formula is C15H14ClNO2. The van der Waals surface area contributed by atoms with Crippen LogP contribution in [-0.4, -0.2) is 17.9 Å². The van der Waals surface area contributed by atoms with E-state index in [4.69, 9.17) is 16.3 Å². The third-order valence-electron chi connectivity index (χ3n) is 2.49. The molecule has 0 aliphatic carbocycles. The second-order valence-corrected chi connectivity index (χ2v) is 4.30. The van der Waals surface area contributed by atoms with Gasteiger partial charge in [-0.05, 0) is 37.3 Å². The van der Waals surface area contributed by atoms with Crippen molar-refractivity contribution in [3.8, 4) is 11.5 Å². The van der Waals surface area contributed by atoms with E-state index in [-0.39, 0.29) is 5.75 Å². The number of ether oxygens (including phenoxy) is 1. The number of halogens is 1. The highest BCUT2D eigenvalue weighted by Gasteiger charge is 2.05. The lowest BCUT2D eigenvalue weighted by molar-refractivity contribution is 0.318. The lowest BCUT2D eigenvalue weighted by Gasteiger charge is -2.07. The zero-order valence-corrected chi connectivity index (χ0v) is 11.3. The molecule has 98 valence electrons. The molecule has 2 rings (SSSR count). The van der Waals surface area contributed by atoms with Crippen molar-refractivity contribution in [3.05, 3.63) is 53.1 Å². The van der Waals surface area contributed by atoms with Crippen LogP contribution in [0.1, 0.15) is 12.5 Å². The lowest BCUT2D eigenvalue weighted by Crippen LogP contribution is -1.93. The van der Waals surface area contributed by atoms with Gasteiger partial charge in [0.25, 0.3) is 0 Å². The number of nitrogens with zero attached hydrogens (tertiary/aromatic N) is 1. The maximum absolute atomic E-state index is 10.0. The minimum Gasteiger partial charge on any atom is -0.504 e. The van der Waals surface area contributed by atoms with Crippen molar-refractivity contribution in [3.63, 3.8) is 0 Å². The van der Waals surface area contributed by atoms with Crippen molar-refractivity contribution < 1.29 is 9.84 Å². The van der Waals surface area contributed by atoms with Crippen molar-refractivity contribution in [1.29, 1.82) is 0 Å². The number of phenolic OH excluding ortho intramolecular Hbond substituents is 1. The molecule has 19 heavy (non-hydrogen) atoms. The maximum Gasteiger partial charge on any atom is 0.166 e. The van der Waals surface area contributed by atoms with E-state index in [9.17, 15) is 5.11 Å². The monoisotopic (exact) mass is 275 g/mol. The summed E-state index contributed by atoms with van der Waals surface area (Å²) < 4.78 is 5.32. The summed E-state index contributed by atoms with van der Waals surface area (Å²) in [4.78, 5) is 4.27. The van der Waals surface area contributed by atoms with Crippen LogP contribution in [0.2, 0.25) is 5.02 Å². The van der Waals surface area contributed by atoms with Crippen molar-refractivity contribution in [1.82, 2.24) is 0 Å². The predicted molar refractivity (Wildman–Crippen MR) is 78.0 cm³/mol. The van der Waals surface area contributed by atoms with Gasteiger partial charge in [-0.3, -0.25) is 4.99 Å². The Bertz CT molecular complexity index is 596. The van der Waals surface area contributed by atoms with Gasteiger partial charge in [-0.25, -0.2) is 0 Å². The summed E-state index contributed by atoms with van der Waals surface area (Å²) in [6, 6.07) is 12.5. The normalized spacial score (nSPS) is 10.8. The summed E-state index contributed by atoms with van der Waals surface area (Å²) >= 11 is 5.88. The Morgan fingerprint density at radius 2 is 2.05 bits per heavy atom. The Hall–Kier alpha value is -2.00. The highest BCUT2D eigenvalue weighted by atomic mass is 35.5. The Balaban J connectivity index is 2.26. The first-order valence-corrected chi connectivity index (χ1v) is 6.33. The molecular weight excluding hydrogens is 262 g/mol. The molecule has 0 unspecified atom stereocenters. The van der Waals surface area contributed by atoms with Crippen LogP contribution in [0.4, 0.5) is 5.69 Å². The minimum absolute atomic E-state index is 0.0927. The first kappa shape index (κ1) is 13.4. The molecule has 0 fully saturated rings. The number of para-hydroxylation sites is 1. The Kier molecular flexibility index (Phi) is 4.42. The maximum atomic E-state index is 10.0. The van der Waals surface area contributed by atoms with Gasteiger partial charge in [0.05, 0.1) is 12.3 Å². The molecule has 0 radical (unpaired) electrons. The fourth-order valence-corrected chi connectivity index (χ4v) is 1.80. The molecule has 0 atom stereocenters. The number of rotatable bonds is 4. The zero-order chi connectivity index (χ0) is 13.7. The number of hydrogen-bond acceptors (Lipinski definition) is 3. The average molecular weight is 276 g/mol. The van der Waals surface area contributed by atoms with Crippen LogP contribution in [0.5, 0.6) is 11.5 Å². The molecule has 0 saturated carbocycles. The summed E-state index contributed by atoms with van der Waals surface area (Å²) in [7, 11) is 0. The van der Waals surface area contributed by atoms with Crippen LogP contribution >= 0.6 is 11.6 Å². The van der Waals surface area contributed by atoms with Gasteiger partial charge in [-0.15, -0.1) is 0 Å². The molecule has 3 nitrogen and oxygen atoms in total. The SMILES string of the molecule is CCOc1cccc(C=Nc2cccc(Cl)c2)c1O. The van der Waals surface area contributed by atoms with Crippen LogP contribution in [0.25, 0.3) is 0 Å². The highest BCUT2D eigenvalue weighted by molar-refractivity contribution is 6.30. The van der Waals surface area contributed by atoms with Crippen LogP contribution in [-0.2, 0) is 0 Å². The van der Waals surface area contributed by atoms with E-state index in [1.165, 1.54) is 0 Å². The lowest BCUT2D eigenvalue weighted by atomic mass is 10.2. The molecule has 0 aromatic heterocycles. The minimum atomic E-state index is 0.0927. The number of benzene rings is 2. The van der Waals surface area contributed by atoms with E-state index in [2.05, 4.69) is 4.99 Å². The van der Waals surface area contributed by atoms with Gasteiger partial charge < -0.3 is 9.84 Å². The van der Waals surface area contributed by atoms with Crippen molar-refractivity contribution in [2.45, 2.75) is 6.92 Å². The Labute approximate surface area is 117 Å². The number of aliphatic imine (C=N–C) groups is 1. The van der Waals surface area contributed by atoms with Gasteiger partial charge in [-0.2, -0.15) is 0 Å². The van der Waals surface area contributed by atoms with E-state index in [1.807, 2.05) is 25.1 Å².